The van der Waals surface area contributed by atoms with Crippen molar-refractivity contribution in [2.24, 2.45) is 0 Å². The quantitative estimate of drug-likeness (QED) is 0.765. The number of hydrogen-bond acceptors (Lipinski definition) is 2. The molecule has 0 amide bonds. The van der Waals surface area contributed by atoms with Crippen LogP contribution < -0.4 is 5.73 Å². The normalized spacial score (nSPS) is 10.3. The highest BCUT2D eigenvalue weighted by atomic mass is 14.7. The predicted octanol–water partition coefficient (Wildman–Crippen LogP) is 2.95. The van der Waals surface area contributed by atoms with Crippen LogP contribution in [0, 0.1) is 13.8 Å². The zero-order chi connectivity index (χ0) is 10.8. The first-order valence-corrected chi connectivity index (χ1v) is 4.95. The second-order valence-corrected chi connectivity index (χ2v) is 3.83. The van der Waals surface area contributed by atoms with Gasteiger partial charge in [-0.3, -0.25) is 4.98 Å². The topological polar surface area (TPSA) is 38.9 Å². The van der Waals surface area contributed by atoms with E-state index >= 15 is 0 Å². The Morgan fingerprint density at radius 3 is 2.53 bits per heavy atom. The van der Waals surface area contributed by atoms with E-state index in [-0.39, 0.29) is 0 Å². The van der Waals surface area contributed by atoms with Gasteiger partial charge in [0, 0.05) is 18.0 Å². The Hall–Kier alpha value is -1.83. The molecule has 1 aromatic heterocycles. The Bertz CT molecular complexity index is 490. The Labute approximate surface area is 89.8 Å². The molecule has 76 valence electrons. The van der Waals surface area contributed by atoms with Crippen molar-refractivity contribution in [2.45, 2.75) is 13.8 Å². The van der Waals surface area contributed by atoms with Crippen LogP contribution in [0.3, 0.4) is 0 Å². The molecule has 2 N–H and O–H groups in total. The third-order valence-electron chi connectivity index (χ3n) is 2.45. The van der Waals surface area contributed by atoms with Crippen LogP contribution in [0.4, 0.5) is 5.69 Å². The molecule has 2 nitrogen and oxygen atoms in total. The number of aryl methyl sites for hydroxylation is 2. The number of rotatable bonds is 1. The van der Waals surface area contributed by atoms with Crippen molar-refractivity contribution >= 4 is 5.69 Å². The maximum absolute atomic E-state index is 5.71. The first-order valence-electron chi connectivity index (χ1n) is 4.95. The van der Waals surface area contributed by atoms with Crippen molar-refractivity contribution in [3.05, 3.63) is 47.8 Å². The lowest BCUT2D eigenvalue weighted by atomic mass is 10.00. The van der Waals surface area contributed by atoms with Crippen LogP contribution in [0.1, 0.15) is 11.1 Å². The van der Waals surface area contributed by atoms with Gasteiger partial charge in [0.1, 0.15) is 0 Å². The minimum Gasteiger partial charge on any atom is -0.397 e. The van der Waals surface area contributed by atoms with Gasteiger partial charge in [-0.2, -0.15) is 0 Å². The molecule has 0 aliphatic rings. The number of nitrogen functional groups attached to an aromatic ring is 1. The van der Waals surface area contributed by atoms with E-state index in [2.05, 4.69) is 37.0 Å². The van der Waals surface area contributed by atoms with Crippen LogP contribution in [0.15, 0.2) is 36.7 Å². The summed E-state index contributed by atoms with van der Waals surface area (Å²) in [4.78, 5) is 4.10. The molecular formula is C13H14N2. The molecule has 0 spiro atoms. The van der Waals surface area contributed by atoms with Gasteiger partial charge in [-0.1, -0.05) is 23.8 Å². The summed E-state index contributed by atoms with van der Waals surface area (Å²) >= 11 is 0. The van der Waals surface area contributed by atoms with E-state index in [1.807, 2.05) is 12.3 Å². The zero-order valence-corrected chi connectivity index (χ0v) is 8.99. The Kier molecular flexibility index (Phi) is 2.42. The van der Waals surface area contributed by atoms with Crippen molar-refractivity contribution in [3.8, 4) is 11.1 Å². The first-order chi connectivity index (χ1) is 7.16. The average Bonchev–Trinajstić information content (AvgIpc) is 2.17. The van der Waals surface area contributed by atoms with Crippen LogP contribution in [-0.4, -0.2) is 4.98 Å². The first kappa shape index (κ1) is 9.71. The molecule has 15 heavy (non-hydrogen) atoms. The fourth-order valence-electron chi connectivity index (χ4n) is 1.74. The molecule has 0 radical (unpaired) electrons. The molecule has 0 aliphatic carbocycles. The van der Waals surface area contributed by atoms with Gasteiger partial charge in [-0.25, -0.2) is 0 Å². The second kappa shape index (κ2) is 3.73. The SMILES string of the molecule is Cc1ccc(-c2cncc(N)c2)c(C)c1. The molecule has 0 atom stereocenters. The summed E-state index contributed by atoms with van der Waals surface area (Å²) in [6.07, 6.45) is 3.50. The smallest absolute Gasteiger partial charge is 0.0506 e. The van der Waals surface area contributed by atoms with Crippen LogP contribution in [-0.2, 0) is 0 Å². The lowest BCUT2D eigenvalue weighted by molar-refractivity contribution is 1.31. The average molecular weight is 198 g/mol. The maximum atomic E-state index is 5.71. The molecule has 1 heterocycles. The fraction of sp³-hybridized carbons (Fsp3) is 0.154. The summed E-state index contributed by atoms with van der Waals surface area (Å²) < 4.78 is 0. The second-order valence-electron chi connectivity index (χ2n) is 3.83. The lowest BCUT2D eigenvalue weighted by Crippen LogP contribution is -1.89. The number of aromatic nitrogens is 1. The highest BCUT2D eigenvalue weighted by molar-refractivity contribution is 5.69. The van der Waals surface area contributed by atoms with Crippen LogP contribution >= 0.6 is 0 Å². The van der Waals surface area contributed by atoms with Crippen molar-refractivity contribution < 1.29 is 0 Å². The van der Waals surface area contributed by atoms with E-state index in [0.29, 0.717) is 5.69 Å². The van der Waals surface area contributed by atoms with E-state index in [9.17, 15) is 0 Å². The van der Waals surface area contributed by atoms with Gasteiger partial charge in [-0.15, -0.1) is 0 Å². The summed E-state index contributed by atoms with van der Waals surface area (Å²) in [5, 5.41) is 0. The third kappa shape index (κ3) is 1.99. The van der Waals surface area contributed by atoms with Gasteiger partial charge in [0.2, 0.25) is 0 Å². The summed E-state index contributed by atoms with van der Waals surface area (Å²) in [6, 6.07) is 8.33. The summed E-state index contributed by atoms with van der Waals surface area (Å²) in [5.41, 5.74) is 11.2. The fourth-order valence-corrected chi connectivity index (χ4v) is 1.74. The van der Waals surface area contributed by atoms with Crippen molar-refractivity contribution in [3.63, 3.8) is 0 Å². The molecule has 0 fully saturated rings. The van der Waals surface area contributed by atoms with Crippen molar-refractivity contribution in [1.82, 2.24) is 4.98 Å². The number of pyridine rings is 1. The number of nitrogens with zero attached hydrogens (tertiary/aromatic N) is 1. The monoisotopic (exact) mass is 198 g/mol. The minimum atomic E-state index is 0.701. The minimum absolute atomic E-state index is 0.701. The molecule has 2 heteroatoms. The largest absolute Gasteiger partial charge is 0.397 e. The van der Waals surface area contributed by atoms with Crippen molar-refractivity contribution in [2.75, 3.05) is 5.73 Å². The molecule has 0 aliphatic heterocycles. The van der Waals surface area contributed by atoms with E-state index < -0.39 is 0 Å². The number of hydrogen-bond donors (Lipinski definition) is 1. The molecule has 2 aromatic rings. The van der Waals surface area contributed by atoms with Crippen molar-refractivity contribution in [1.29, 1.82) is 0 Å². The van der Waals surface area contributed by atoms with Crippen LogP contribution in [0.25, 0.3) is 11.1 Å². The molecule has 0 saturated heterocycles. The summed E-state index contributed by atoms with van der Waals surface area (Å²) in [7, 11) is 0. The van der Waals surface area contributed by atoms with Crippen LogP contribution in [0.2, 0.25) is 0 Å². The van der Waals surface area contributed by atoms with Gasteiger partial charge in [0.15, 0.2) is 0 Å². The Balaban J connectivity index is 2.54. The molecule has 0 bridgehead atoms. The summed E-state index contributed by atoms with van der Waals surface area (Å²) in [6.45, 7) is 4.19. The highest BCUT2D eigenvalue weighted by Crippen LogP contribution is 2.24. The standard InChI is InChI=1S/C13H14N2/c1-9-3-4-13(10(2)5-9)11-6-12(14)8-15-7-11/h3-8H,14H2,1-2H3. The Morgan fingerprint density at radius 1 is 1.07 bits per heavy atom. The van der Waals surface area contributed by atoms with Gasteiger partial charge in [-0.05, 0) is 31.0 Å². The van der Waals surface area contributed by atoms with Gasteiger partial charge in [0.25, 0.3) is 0 Å². The van der Waals surface area contributed by atoms with E-state index in [1.54, 1.807) is 6.20 Å². The molecule has 1 aromatic carbocycles. The lowest BCUT2D eigenvalue weighted by Gasteiger charge is -2.07. The van der Waals surface area contributed by atoms with Gasteiger partial charge < -0.3 is 5.73 Å². The van der Waals surface area contributed by atoms with E-state index in [4.69, 9.17) is 5.73 Å². The zero-order valence-electron chi connectivity index (χ0n) is 8.99. The number of anilines is 1. The summed E-state index contributed by atoms with van der Waals surface area (Å²) in [5.74, 6) is 0. The molecular weight excluding hydrogens is 184 g/mol. The number of nitrogens with two attached hydrogens (primary N) is 1. The molecule has 0 saturated carbocycles. The van der Waals surface area contributed by atoms with Gasteiger partial charge in [0.05, 0.1) is 5.69 Å². The maximum Gasteiger partial charge on any atom is 0.0506 e. The van der Waals surface area contributed by atoms with E-state index in [1.165, 1.54) is 16.7 Å². The molecule has 0 unspecified atom stereocenters. The predicted molar refractivity (Wildman–Crippen MR) is 63.6 cm³/mol. The Morgan fingerprint density at radius 2 is 1.87 bits per heavy atom. The third-order valence-corrected chi connectivity index (χ3v) is 2.45. The van der Waals surface area contributed by atoms with Gasteiger partial charge >= 0.3 is 0 Å². The number of benzene rings is 1. The van der Waals surface area contributed by atoms with Crippen LogP contribution in [0.5, 0.6) is 0 Å². The highest BCUT2D eigenvalue weighted by Gasteiger charge is 2.02. The molecule has 2 rings (SSSR count). The van der Waals surface area contributed by atoms with E-state index in [0.717, 1.165) is 5.56 Å².